The molecule has 0 aliphatic carbocycles. The zero-order valence-electron chi connectivity index (χ0n) is 7.92. The average Bonchev–Trinajstić information content (AvgIpc) is 2.58. The van der Waals surface area contributed by atoms with E-state index in [0.29, 0.717) is 0 Å². The van der Waals surface area contributed by atoms with Gasteiger partial charge in [0, 0.05) is 10.6 Å². The van der Waals surface area contributed by atoms with Crippen molar-refractivity contribution < 1.29 is 0 Å². The Labute approximate surface area is 84.0 Å². The lowest BCUT2D eigenvalue weighted by molar-refractivity contribution is 0.959. The summed E-state index contributed by atoms with van der Waals surface area (Å²) in [7, 11) is 0. The van der Waals surface area contributed by atoms with Crippen LogP contribution in [0.3, 0.4) is 0 Å². The van der Waals surface area contributed by atoms with Crippen LogP contribution < -0.4 is 0 Å². The van der Waals surface area contributed by atoms with Gasteiger partial charge in [0.2, 0.25) is 0 Å². The van der Waals surface area contributed by atoms with E-state index in [1.165, 1.54) is 34.6 Å². The van der Waals surface area contributed by atoms with E-state index in [1.807, 2.05) is 11.8 Å². The van der Waals surface area contributed by atoms with E-state index in [2.05, 4.69) is 37.3 Å². The van der Waals surface area contributed by atoms with Crippen molar-refractivity contribution in [3.8, 4) is 0 Å². The summed E-state index contributed by atoms with van der Waals surface area (Å²) < 4.78 is 0. The number of unbranched alkanes of at least 4 members (excludes halogenated alkanes) is 1. The SMILES string of the molecule is CCC/C=C1\CSc2ccccc21. The van der Waals surface area contributed by atoms with Crippen molar-refractivity contribution in [2.45, 2.75) is 24.7 Å². The van der Waals surface area contributed by atoms with Crippen LogP contribution in [0.25, 0.3) is 5.57 Å². The van der Waals surface area contributed by atoms with Gasteiger partial charge < -0.3 is 0 Å². The Morgan fingerprint density at radius 3 is 3.08 bits per heavy atom. The quantitative estimate of drug-likeness (QED) is 0.680. The highest BCUT2D eigenvalue weighted by Gasteiger charge is 2.14. The maximum Gasteiger partial charge on any atom is 0.0235 e. The highest BCUT2D eigenvalue weighted by Crippen LogP contribution is 2.38. The summed E-state index contributed by atoms with van der Waals surface area (Å²) in [4.78, 5) is 1.45. The molecule has 1 aliphatic heterocycles. The summed E-state index contributed by atoms with van der Waals surface area (Å²) >= 11 is 1.96. The fourth-order valence-corrected chi connectivity index (χ4v) is 2.69. The van der Waals surface area contributed by atoms with E-state index >= 15 is 0 Å². The molecule has 0 atom stereocenters. The lowest BCUT2D eigenvalue weighted by Crippen LogP contribution is -1.80. The van der Waals surface area contributed by atoms with Crippen LogP contribution in [0.1, 0.15) is 25.3 Å². The molecule has 1 aromatic carbocycles. The van der Waals surface area contributed by atoms with Gasteiger partial charge in [-0.2, -0.15) is 0 Å². The molecule has 0 bridgehead atoms. The molecule has 1 heteroatoms. The van der Waals surface area contributed by atoms with Crippen LogP contribution in [0, 0.1) is 0 Å². The van der Waals surface area contributed by atoms with E-state index in [9.17, 15) is 0 Å². The van der Waals surface area contributed by atoms with Crippen LogP contribution in [-0.2, 0) is 0 Å². The monoisotopic (exact) mass is 190 g/mol. The van der Waals surface area contributed by atoms with E-state index in [0.717, 1.165) is 0 Å². The van der Waals surface area contributed by atoms with Crippen LogP contribution in [-0.4, -0.2) is 5.75 Å². The molecule has 0 saturated carbocycles. The molecule has 0 N–H and O–H groups in total. The summed E-state index contributed by atoms with van der Waals surface area (Å²) in [5.41, 5.74) is 2.99. The summed E-state index contributed by atoms with van der Waals surface area (Å²) in [6.07, 6.45) is 4.85. The molecule has 0 amide bonds. The van der Waals surface area contributed by atoms with Crippen LogP contribution >= 0.6 is 11.8 Å². The first-order valence-electron chi connectivity index (χ1n) is 4.83. The topological polar surface area (TPSA) is 0 Å². The number of fused-ring (bicyclic) bond motifs is 1. The summed E-state index contributed by atoms with van der Waals surface area (Å²) in [6.45, 7) is 2.23. The van der Waals surface area contributed by atoms with Gasteiger partial charge in [-0.05, 0) is 23.6 Å². The Bertz CT molecular complexity index is 326. The third-order valence-corrected chi connectivity index (χ3v) is 3.42. The molecule has 0 fully saturated rings. The fourth-order valence-electron chi connectivity index (χ4n) is 1.58. The lowest BCUT2D eigenvalue weighted by atomic mass is 10.1. The van der Waals surface area contributed by atoms with Crippen molar-refractivity contribution in [1.82, 2.24) is 0 Å². The first-order valence-corrected chi connectivity index (χ1v) is 5.81. The smallest absolute Gasteiger partial charge is 0.0235 e. The molecular weight excluding hydrogens is 176 g/mol. The molecular formula is C12H14S. The number of benzene rings is 1. The number of thioether (sulfide) groups is 1. The van der Waals surface area contributed by atoms with Gasteiger partial charge in [0.1, 0.15) is 0 Å². The molecule has 0 radical (unpaired) electrons. The summed E-state index contributed by atoms with van der Waals surface area (Å²) in [6, 6.07) is 8.70. The third-order valence-electron chi connectivity index (χ3n) is 2.30. The van der Waals surface area contributed by atoms with Crippen molar-refractivity contribution in [3.63, 3.8) is 0 Å². The third kappa shape index (κ3) is 1.80. The predicted molar refractivity (Wildman–Crippen MR) is 60.1 cm³/mol. The van der Waals surface area contributed by atoms with Gasteiger partial charge >= 0.3 is 0 Å². The van der Waals surface area contributed by atoms with Crippen molar-refractivity contribution in [2.24, 2.45) is 0 Å². The predicted octanol–water partition coefficient (Wildman–Crippen LogP) is 3.98. The minimum Gasteiger partial charge on any atom is -0.121 e. The number of hydrogen-bond acceptors (Lipinski definition) is 1. The van der Waals surface area contributed by atoms with Crippen LogP contribution in [0.2, 0.25) is 0 Å². The highest BCUT2D eigenvalue weighted by atomic mass is 32.2. The molecule has 13 heavy (non-hydrogen) atoms. The van der Waals surface area contributed by atoms with Gasteiger partial charge in [0.25, 0.3) is 0 Å². The number of allylic oxidation sites excluding steroid dienone is 1. The van der Waals surface area contributed by atoms with Crippen LogP contribution in [0.15, 0.2) is 35.2 Å². The second-order valence-electron chi connectivity index (χ2n) is 3.30. The van der Waals surface area contributed by atoms with Crippen LogP contribution in [0.5, 0.6) is 0 Å². The minimum absolute atomic E-state index is 1.17. The molecule has 0 spiro atoms. The number of hydrogen-bond donors (Lipinski definition) is 0. The van der Waals surface area contributed by atoms with Crippen LogP contribution in [0.4, 0.5) is 0 Å². The molecule has 0 aromatic heterocycles. The molecule has 0 saturated heterocycles. The Morgan fingerprint density at radius 1 is 1.38 bits per heavy atom. The molecule has 2 rings (SSSR count). The molecule has 68 valence electrons. The van der Waals surface area contributed by atoms with Crippen molar-refractivity contribution in [3.05, 3.63) is 35.9 Å². The van der Waals surface area contributed by atoms with Crippen molar-refractivity contribution in [1.29, 1.82) is 0 Å². The first-order chi connectivity index (χ1) is 6.42. The minimum atomic E-state index is 1.17. The van der Waals surface area contributed by atoms with Crippen molar-refractivity contribution in [2.75, 3.05) is 5.75 Å². The zero-order chi connectivity index (χ0) is 9.10. The summed E-state index contributed by atoms with van der Waals surface area (Å²) in [5, 5.41) is 0. The van der Waals surface area contributed by atoms with Gasteiger partial charge in [-0.25, -0.2) is 0 Å². The largest absolute Gasteiger partial charge is 0.121 e. The van der Waals surface area contributed by atoms with Crippen molar-refractivity contribution >= 4 is 17.3 Å². The Hall–Kier alpha value is -0.690. The van der Waals surface area contributed by atoms with Gasteiger partial charge in [-0.3, -0.25) is 0 Å². The second-order valence-corrected chi connectivity index (χ2v) is 4.32. The van der Waals surface area contributed by atoms with Gasteiger partial charge in [0.15, 0.2) is 0 Å². The fraction of sp³-hybridized carbons (Fsp3) is 0.333. The Kier molecular flexibility index (Phi) is 2.74. The Morgan fingerprint density at radius 2 is 2.23 bits per heavy atom. The number of rotatable bonds is 2. The Balaban J connectivity index is 2.28. The van der Waals surface area contributed by atoms with E-state index < -0.39 is 0 Å². The van der Waals surface area contributed by atoms with Gasteiger partial charge in [-0.15, -0.1) is 11.8 Å². The standard InChI is InChI=1S/C12H14S/c1-2-3-6-10-9-13-12-8-5-4-7-11(10)12/h4-8H,2-3,9H2,1H3/b10-6+. The molecule has 1 aliphatic rings. The van der Waals surface area contributed by atoms with E-state index in [1.54, 1.807) is 0 Å². The maximum absolute atomic E-state index is 2.39. The summed E-state index contributed by atoms with van der Waals surface area (Å²) in [5.74, 6) is 1.17. The second kappa shape index (κ2) is 4.01. The zero-order valence-corrected chi connectivity index (χ0v) is 8.73. The molecule has 1 aromatic rings. The average molecular weight is 190 g/mol. The van der Waals surface area contributed by atoms with Gasteiger partial charge in [-0.1, -0.05) is 37.6 Å². The van der Waals surface area contributed by atoms with E-state index in [4.69, 9.17) is 0 Å². The normalized spacial score (nSPS) is 17.8. The first kappa shape index (κ1) is 8.89. The maximum atomic E-state index is 2.39. The van der Waals surface area contributed by atoms with Gasteiger partial charge in [0.05, 0.1) is 0 Å². The lowest BCUT2D eigenvalue weighted by Gasteiger charge is -1.98. The molecule has 1 heterocycles. The highest BCUT2D eigenvalue weighted by molar-refractivity contribution is 8.00. The van der Waals surface area contributed by atoms with E-state index in [-0.39, 0.29) is 0 Å². The molecule has 0 unspecified atom stereocenters. The molecule has 0 nitrogen and oxygen atoms in total.